The van der Waals surface area contributed by atoms with Gasteiger partial charge in [0.25, 0.3) is 10.0 Å². The first-order valence-electron chi connectivity index (χ1n) is 7.57. The molecule has 0 saturated carbocycles. The summed E-state index contributed by atoms with van der Waals surface area (Å²) < 4.78 is 27.4. The van der Waals surface area contributed by atoms with Gasteiger partial charge in [0.15, 0.2) is 0 Å². The first kappa shape index (κ1) is 18.0. The van der Waals surface area contributed by atoms with E-state index >= 15 is 0 Å². The number of rotatable bonds is 5. The van der Waals surface area contributed by atoms with Crippen LogP contribution >= 0.6 is 11.6 Å². The maximum absolute atomic E-state index is 12.5. The van der Waals surface area contributed by atoms with Gasteiger partial charge in [0.05, 0.1) is 10.5 Å². The molecule has 132 valence electrons. The molecule has 0 aromatic heterocycles. The van der Waals surface area contributed by atoms with E-state index in [1.54, 1.807) is 24.3 Å². The molecule has 3 aromatic rings. The summed E-state index contributed by atoms with van der Waals surface area (Å²) in [5, 5.41) is 9.51. The highest BCUT2D eigenvalue weighted by molar-refractivity contribution is 7.92. The standard InChI is InChI=1S/C19H14ClNO4S/c20-16-7-1-13(2-8-16)14-5-11-18(12-6-14)26(24,25)21-17-9-3-15(4-10-17)19(22)23/h1-12,21H,(H,22,23). The van der Waals surface area contributed by atoms with Crippen LogP contribution < -0.4 is 4.72 Å². The third-order valence-electron chi connectivity index (χ3n) is 3.73. The number of carboxylic acids is 1. The molecule has 0 radical (unpaired) electrons. The first-order valence-corrected chi connectivity index (χ1v) is 9.43. The molecule has 2 N–H and O–H groups in total. The Morgan fingerprint density at radius 1 is 0.808 bits per heavy atom. The molecule has 0 heterocycles. The first-order chi connectivity index (χ1) is 12.3. The van der Waals surface area contributed by atoms with Gasteiger partial charge in [-0.05, 0) is 59.7 Å². The Hall–Kier alpha value is -2.83. The highest BCUT2D eigenvalue weighted by atomic mass is 35.5. The Morgan fingerprint density at radius 3 is 1.81 bits per heavy atom. The minimum Gasteiger partial charge on any atom is -0.478 e. The molecule has 0 saturated heterocycles. The lowest BCUT2D eigenvalue weighted by atomic mass is 10.1. The van der Waals surface area contributed by atoms with E-state index in [9.17, 15) is 13.2 Å². The van der Waals surface area contributed by atoms with E-state index in [-0.39, 0.29) is 16.1 Å². The topological polar surface area (TPSA) is 83.5 Å². The number of benzene rings is 3. The SMILES string of the molecule is O=C(O)c1ccc(NS(=O)(=O)c2ccc(-c3ccc(Cl)cc3)cc2)cc1. The van der Waals surface area contributed by atoms with Crippen LogP contribution in [0.3, 0.4) is 0 Å². The third kappa shape index (κ3) is 4.04. The molecule has 7 heteroatoms. The van der Waals surface area contributed by atoms with Gasteiger partial charge in [-0.3, -0.25) is 4.72 Å². The zero-order chi connectivity index (χ0) is 18.7. The Bertz CT molecular complexity index is 1030. The van der Waals surface area contributed by atoms with Crippen molar-refractivity contribution < 1.29 is 18.3 Å². The molecule has 0 spiro atoms. The van der Waals surface area contributed by atoms with Crippen LogP contribution in [0.4, 0.5) is 5.69 Å². The zero-order valence-corrected chi connectivity index (χ0v) is 15.0. The van der Waals surface area contributed by atoms with Crippen LogP contribution in [0.15, 0.2) is 77.7 Å². The molecule has 26 heavy (non-hydrogen) atoms. The predicted octanol–water partition coefficient (Wildman–Crippen LogP) is 4.51. The lowest BCUT2D eigenvalue weighted by molar-refractivity contribution is 0.0697. The second-order valence-electron chi connectivity index (χ2n) is 5.52. The Morgan fingerprint density at radius 2 is 1.31 bits per heavy atom. The van der Waals surface area contributed by atoms with Gasteiger partial charge in [0.2, 0.25) is 0 Å². The summed E-state index contributed by atoms with van der Waals surface area (Å²) in [6.07, 6.45) is 0. The lowest BCUT2D eigenvalue weighted by Gasteiger charge is -2.09. The minimum atomic E-state index is -3.77. The number of carbonyl (C=O) groups is 1. The molecule has 0 aliphatic carbocycles. The van der Waals surface area contributed by atoms with Crippen molar-refractivity contribution in [1.82, 2.24) is 0 Å². The lowest BCUT2D eigenvalue weighted by Crippen LogP contribution is -2.13. The number of hydrogen-bond acceptors (Lipinski definition) is 3. The van der Waals surface area contributed by atoms with E-state index < -0.39 is 16.0 Å². The molecule has 0 bridgehead atoms. The molecule has 0 atom stereocenters. The van der Waals surface area contributed by atoms with Gasteiger partial charge in [-0.15, -0.1) is 0 Å². The molecule has 0 unspecified atom stereocenters. The van der Waals surface area contributed by atoms with Gasteiger partial charge >= 0.3 is 5.97 Å². The number of hydrogen-bond donors (Lipinski definition) is 2. The van der Waals surface area contributed by atoms with E-state index in [4.69, 9.17) is 16.7 Å². The summed E-state index contributed by atoms with van der Waals surface area (Å²) in [5.41, 5.74) is 2.17. The van der Waals surface area contributed by atoms with Gasteiger partial charge in [-0.2, -0.15) is 0 Å². The predicted molar refractivity (Wildman–Crippen MR) is 101 cm³/mol. The van der Waals surface area contributed by atoms with Crippen molar-refractivity contribution in [3.05, 3.63) is 83.4 Å². The molecule has 3 rings (SSSR count). The minimum absolute atomic E-state index is 0.0836. The van der Waals surface area contributed by atoms with Gasteiger partial charge in [-0.25, -0.2) is 13.2 Å². The number of halogens is 1. The second-order valence-corrected chi connectivity index (χ2v) is 7.64. The largest absolute Gasteiger partial charge is 0.478 e. The Balaban J connectivity index is 1.80. The highest BCUT2D eigenvalue weighted by Gasteiger charge is 2.14. The number of anilines is 1. The molecular formula is C19H14ClNO4S. The average Bonchev–Trinajstić information content (AvgIpc) is 2.62. The van der Waals surface area contributed by atoms with Gasteiger partial charge < -0.3 is 5.11 Å². The number of aromatic carboxylic acids is 1. The molecule has 0 aliphatic heterocycles. The Kier molecular flexibility index (Phi) is 4.97. The van der Waals surface area contributed by atoms with Crippen LogP contribution in [-0.4, -0.2) is 19.5 Å². The molecular weight excluding hydrogens is 374 g/mol. The van der Waals surface area contributed by atoms with Gasteiger partial charge in [0, 0.05) is 10.7 Å². The number of sulfonamides is 1. The molecule has 0 fully saturated rings. The van der Waals surface area contributed by atoms with Crippen LogP contribution in [0, 0.1) is 0 Å². The van der Waals surface area contributed by atoms with Crippen molar-refractivity contribution in [2.24, 2.45) is 0 Å². The molecule has 3 aromatic carbocycles. The van der Waals surface area contributed by atoms with Crippen LogP contribution in [-0.2, 0) is 10.0 Å². The fraction of sp³-hybridized carbons (Fsp3) is 0. The number of nitrogens with one attached hydrogen (secondary N) is 1. The zero-order valence-electron chi connectivity index (χ0n) is 13.4. The molecule has 0 amide bonds. The Labute approximate surface area is 155 Å². The van der Waals surface area contributed by atoms with Crippen molar-refractivity contribution in [2.45, 2.75) is 4.90 Å². The fourth-order valence-electron chi connectivity index (χ4n) is 2.36. The van der Waals surface area contributed by atoms with E-state index in [2.05, 4.69) is 4.72 Å². The summed E-state index contributed by atoms with van der Waals surface area (Å²) in [6, 6.07) is 19.2. The quantitative estimate of drug-likeness (QED) is 0.674. The van der Waals surface area contributed by atoms with E-state index in [1.807, 2.05) is 12.1 Å². The van der Waals surface area contributed by atoms with Crippen molar-refractivity contribution in [2.75, 3.05) is 4.72 Å². The summed E-state index contributed by atoms with van der Waals surface area (Å²) >= 11 is 5.87. The highest BCUT2D eigenvalue weighted by Crippen LogP contribution is 2.24. The van der Waals surface area contributed by atoms with E-state index in [0.29, 0.717) is 5.02 Å². The fourth-order valence-corrected chi connectivity index (χ4v) is 3.55. The van der Waals surface area contributed by atoms with Crippen molar-refractivity contribution in [1.29, 1.82) is 0 Å². The van der Waals surface area contributed by atoms with Crippen molar-refractivity contribution >= 4 is 33.3 Å². The number of carboxylic acid groups (broad SMARTS) is 1. The van der Waals surface area contributed by atoms with E-state index in [0.717, 1.165) is 11.1 Å². The monoisotopic (exact) mass is 387 g/mol. The third-order valence-corrected chi connectivity index (χ3v) is 5.38. The molecule has 5 nitrogen and oxygen atoms in total. The van der Waals surface area contributed by atoms with Gasteiger partial charge in [0.1, 0.15) is 0 Å². The van der Waals surface area contributed by atoms with Gasteiger partial charge in [-0.1, -0.05) is 35.9 Å². The summed E-state index contributed by atoms with van der Waals surface area (Å²) in [6.45, 7) is 0. The van der Waals surface area contributed by atoms with Crippen LogP contribution in [0.25, 0.3) is 11.1 Å². The van der Waals surface area contributed by atoms with E-state index in [1.165, 1.54) is 36.4 Å². The van der Waals surface area contributed by atoms with Crippen LogP contribution in [0.5, 0.6) is 0 Å². The summed E-state index contributed by atoms with van der Waals surface area (Å²) in [5.74, 6) is -1.07. The summed E-state index contributed by atoms with van der Waals surface area (Å²) in [4.78, 5) is 10.9. The maximum atomic E-state index is 12.5. The molecule has 0 aliphatic rings. The second kappa shape index (κ2) is 7.19. The normalized spacial score (nSPS) is 11.1. The average molecular weight is 388 g/mol. The van der Waals surface area contributed by atoms with Crippen LogP contribution in [0.1, 0.15) is 10.4 Å². The maximum Gasteiger partial charge on any atom is 0.335 e. The van der Waals surface area contributed by atoms with Crippen LogP contribution in [0.2, 0.25) is 5.02 Å². The smallest absolute Gasteiger partial charge is 0.335 e. The van der Waals surface area contributed by atoms with Crippen molar-refractivity contribution in [3.8, 4) is 11.1 Å². The van der Waals surface area contributed by atoms with Crippen molar-refractivity contribution in [3.63, 3.8) is 0 Å². The summed E-state index contributed by atoms with van der Waals surface area (Å²) in [7, 11) is -3.77.